The fraction of sp³-hybridized carbons (Fsp3) is 0.556. The lowest BCUT2D eigenvalue weighted by molar-refractivity contribution is 0.141. The van der Waals surface area contributed by atoms with Gasteiger partial charge < -0.3 is 15.3 Å². The molecule has 1 aromatic heterocycles. The highest BCUT2D eigenvalue weighted by Gasteiger charge is 2.25. The van der Waals surface area contributed by atoms with Crippen LogP contribution in [-0.2, 0) is 0 Å². The molecule has 0 aliphatic carbocycles. The van der Waals surface area contributed by atoms with Gasteiger partial charge in [-0.05, 0) is 6.92 Å². The molecule has 5 heteroatoms. The molecule has 0 bridgehead atoms. The van der Waals surface area contributed by atoms with Crippen molar-refractivity contribution in [2.45, 2.75) is 13.0 Å². The van der Waals surface area contributed by atoms with Gasteiger partial charge in [-0.1, -0.05) is 0 Å². The third-order valence-corrected chi connectivity index (χ3v) is 2.25. The zero-order chi connectivity index (χ0) is 10.1. The molecule has 0 amide bonds. The monoisotopic (exact) mass is 194 g/mol. The number of β-amino-alcohol motifs (C(OH)–C–C–N with tert-alkyl or cyclic N) is 1. The van der Waals surface area contributed by atoms with Gasteiger partial charge in [0.15, 0.2) is 0 Å². The zero-order valence-corrected chi connectivity index (χ0v) is 8.36. The summed E-state index contributed by atoms with van der Waals surface area (Å²) in [5.74, 6) is 1.51. The second kappa shape index (κ2) is 3.42. The quantitative estimate of drug-likeness (QED) is 0.694. The lowest BCUT2D eigenvalue weighted by Gasteiger charge is -2.36. The highest BCUT2D eigenvalue weighted by molar-refractivity contribution is 5.46. The topological polar surface area (TPSA) is 61.3 Å². The molecule has 1 saturated heterocycles. The van der Waals surface area contributed by atoms with Crippen molar-refractivity contribution in [3.63, 3.8) is 0 Å². The third kappa shape index (κ3) is 1.63. The highest BCUT2D eigenvalue weighted by atomic mass is 16.3. The van der Waals surface area contributed by atoms with Crippen LogP contribution < -0.4 is 10.2 Å². The Kier molecular flexibility index (Phi) is 2.25. The summed E-state index contributed by atoms with van der Waals surface area (Å²) in [4.78, 5) is 10.5. The normalized spacial score (nSPS) is 16.6. The van der Waals surface area contributed by atoms with E-state index in [9.17, 15) is 5.11 Å². The van der Waals surface area contributed by atoms with Gasteiger partial charge in [-0.25, -0.2) is 4.98 Å². The first kappa shape index (κ1) is 9.21. The van der Waals surface area contributed by atoms with E-state index in [1.54, 1.807) is 7.05 Å². The van der Waals surface area contributed by atoms with E-state index < -0.39 is 0 Å². The Balaban J connectivity index is 2.21. The summed E-state index contributed by atoms with van der Waals surface area (Å²) >= 11 is 0. The van der Waals surface area contributed by atoms with Gasteiger partial charge in [-0.15, -0.1) is 0 Å². The minimum absolute atomic E-state index is 0.205. The summed E-state index contributed by atoms with van der Waals surface area (Å²) in [6.07, 6.45) is -0.205. The minimum Gasteiger partial charge on any atom is -0.389 e. The number of aromatic nitrogens is 2. The van der Waals surface area contributed by atoms with E-state index in [4.69, 9.17) is 0 Å². The van der Waals surface area contributed by atoms with E-state index in [1.165, 1.54) is 0 Å². The van der Waals surface area contributed by atoms with Crippen LogP contribution >= 0.6 is 0 Å². The summed E-state index contributed by atoms with van der Waals surface area (Å²) < 4.78 is 0. The van der Waals surface area contributed by atoms with Crippen LogP contribution in [0.1, 0.15) is 5.69 Å². The molecule has 0 saturated carbocycles. The van der Waals surface area contributed by atoms with Crippen molar-refractivity contribution in [3.05, 3.63) is 11.8 Å². The van der Waals surface area contributed by atoms with Crippen molar-refractivity contribution < 1.29 is 5.11 Å². The van der Waals surface area contributed by atoms with Gasteiger partial charge >= 0.3 is 0 Å². The second-order valence-electron chi connectivity index (χ2n) is 3.50. The van der Waals surface area contributed by atoms with Crippen LogP contribution in [0, 0.1) is 6.92 Å². The van der Waals surface area contributed by atoms with E-state index in [-0.39, 0.29) is 6.10 Å². The molecular weight excluding hydrogens is 180 g/mol. The lowest BCUT2D eigenvalue weighted by atomic mass is 10.2. The SMILES string of the molecule is CNc1nc(C)cc(N2CC(O)C2)n1. The van der Waals surface area contributed by atoms with Crippen LogP contribution in [0.3, 0.4) is 0 Å². The summed E-state index contributed by atoms with van der Waals surface area (Å²) in [5.41, 5.74) is 0.931. The molecule has 0 spiro atoms. The molecule has 76 valence electrons. The van der Waals surface area contributed by atoms with Gasteiger partial charge in [-0.2, -0.15) is 4.98 Å². The summed E-state index contributed by atoms with van der Waals surface area (Å²) in [6, 6.07) is 1.92. The summed E-state index contributed by atoms with van der Waals surface area (Å²) in [7, 11) is 1.80. The maximum Gasteiger partial charge on any atom is 0.224 e. The lowest BCUT2D eigenvalue weighted by Crippen LogP contribution is -2.51. The Morgan fingerprint density at radius 1 is 1.50 bits per heavy atom. The first-order chi connectivity index (χ1) is 6.69. The molecule has 1 aliphatic heterocycles. The number of nitrogens with one attached hydrogen (secondary N) is 1. The Hall–Kier alpha value is -1.36. The molecule has 2 N–H and O–H groups in total. The summed E-state index contributed by atoms with van der Waals surface area (Å²) in [5, 5.41) is 12.1. The van der Waals surface area contributed by atoms with Gasteiger partial charge in [0.25, 0.3) is 0 Å². The van der Waals surface area contributed by atoms with Crippen molar-refractivity contribution in [1.82, 2.24) is 9.97 Å². The van der Waals surface area contributed by atoms with Gasteiger partial charge in [0.05, 0.1) is 6.10 Å². The largest absolute Gasteiger partial charge is 0.389 e. The highest BCUT2D eigenvalue weighted by Crippen LogP contribution is 2.20. The van der Waals surface area contributed by atoms with E-state index in [0.717, 1.165) is 11.5 Å². The van der Waals surface area contributed by atoms with E-state index in [0.29, 0.717) is 19.0 Å². The molecular formula is C9H14N4O. The molecule has 1 aromatic rings. The second-order valence-corrected chi connectivity index (χ2v) is 3.50. The van der Waals surface area contributed by atoms with Gasteiger partial charge in [0.2, 0.25) is 5.95 Å². The molecule has 1 aliphatic rings. The number of aliphatic hydroxyl groups excluding tert-OH is 1. The van der Waals surface area contributed by atoms with E-state index in [1.807, 2.05) is 17.9 Å². The van der Waals surface area contributed by atoms with Crippen LogP contribution in [0.5, 0.6) is 0 Å². The molecule has 0 unspecified atom stereocenters. The third-order valence-electron chi connectivity index (χ3n) is 2.25. The van der Waals surface area contributed by atoms with Crippen LogP contribution in [0.15, 0.2) is 6.07 Å². The van der Waals surface area contributed by atoms with Crippen LogP contribution in [-0.4, -0.2) is 41.3 Å². The predicted octanol–water partition coefficient (Wildman–Crippen LogP) is 0.00762. The molecule has 2 rings (SSSR count). The number of rotatable bonds is 2. The molecule has 0 radical (unpaired) electrons. The van der Waals surface area contributed by atoms with Gasteiger partial charge in [0, 0.05) is 31.9 Å². The molecule has 0 atom stereocenters. The number of nitrogens with zero attached hydrogens (tertiary/aromatic N) is 3. The standard InChI is InChI=1S/C9H14N4O/c1-6-3-8(12-9(10-2)11-6)13-4-7(14)5-13/h3,7,14H,4-5H2,1-2H3,(H,10,11,12). The average molecular weight is 194 g/mol. The smallest absolute Gasteiger partial charge is 0.224 e. The molecule has 2 heterocycles. The number of anilines is 2. The zero-order valence-electron chi connectivity index (χ0n) is 8.36. The van der Waals surface area contributed by atoms with E-state index in [2.05, 4.69) is 15.3 Å². The molecule has 0 aromatic carbocycles. The van der Waals surface area contributed by atoms with Crippen molar-refractivity contribution in [1.29, 1.82) is 0 Å². The Morgan fingerprint density at radius 2 is 2.21 bits per heavy atom. The van der Waals surface area contributed by atoms with Gasteiger partial charge in [0.1, 0.15) is 5.82 Å². The Morgan fingerprint density at radius 3 is 2.79 bits per heavy atom. The van der Waals surface area contributed by atoms with Crippen molar-refractivity contribution in [3.8, 4) is 0 Å². The minimum atomic E-state index is -0.205. The number of aryl methyl sites for hydroxylation is 1. The van der Waals surface area contributed by atoms with Crippen LogP contribution in [0.2, 0.25) is 0 Å². The van der Waals surface area contributed by atoms with Crippen molar-refractivity contribution >= 4 is 11.8 Å². The predicted molar refractivity (Wildman–Crippen MR) is 54.5 cm³/mol. The first-order valence-electron chi connectivity index (χ1n) is 4.65. The maximum absolute atomic E-state index is 9.17. The van der Waals surface area contributed by atoms with E-state index >= 15 is 0 Å². The number of hydrogen-bond acceptors (Lipinski definition) is 5. The molecule has 1 fully saturated rings. The van der Waals surface area contributed by atoms with Crippen LogP contribution in [0.4, 0.5) is 11.8 Å². The fourth-order valence-corrected chi connectivity index (χ4v) is 1.47. The average Bonchev–Trinajstić information content (AvgIpc) is 2.12. The fourth-order valence-electron chi connectivity index (χ4n) is 1.47. The Bertz CT molecular complexity index is 336. The first-order valence-corrected chi connectivity index (χ1v) is 4.65. The van der Waals surface area contributed by atoms with Gasteiger partial charge in [-0.3, -0.25) is 0 Å². The van der Waals surface area contributed by atoms with Crippen LogP contribution in [0.25, 0.3) is 0 Å². The molecule has 14 heavy (non-hydrogen) atoms. The number of aliphatic hydroxyl groups is 1. The number of hydrogen-bond donors (Lipinski definition) is 2. The Labute approximate surface area is 82.8 Å². The molecule has 5 nitrogen and oxygen atoms in total. The summed E-state index contributed by atoms with van der Waals surface area (Å²) in [6.45, 7) is 3.27. The maximum atomic E-state index is 9.17. The van der Waals surface area contributed by atoms with Crippen molar-refractivity contribution in [2.24, 2.45) is 0 Å². The van der Waals surface area contributed by atoms with Crippen molar-refractivity contribution in [2.75, 3.05) is 30.4 Å².